The predicted octanol–water partition coefficient (Wildman–Crippen LogP) is 2.40. The number of rotatable bonds is 0. The summed E-state index contributed by atoms with van der Waals surface area (Å²) in [5.41, 5.74) is 0. The van der Waals surface area contributed by atoms with Gasteiger partial charge >= 0.3 is 0 Å². The number of hydrogen-bond acceptors (Lipinski definition) is 0. The third-order valence-corrected chi connectivity index (χ3v) is 0. The second-order valence-corrected chi connectivity index (χ2v) is 0.289. The van der Waals surface area contributed by atoms with Crippen LogP contribution < -0.4 is 0 Å². The molecular formula is C6H14F2. The molecule has 52 valence electrons. The largest absolute Gasteiger partial charge is 0.269 e. The van der Waals surface area contributed by atoms with E-state index in [1.54, 1.807) is 6.92 Å². The van der Waals surface area contributed by atoms with Crippen LogP contribution in [0.4, 0.5) is 9.09 Å². The molecule has 0 spiro atoms. The average Bonchev–Trinajstić information content (AvgIpc) is 1.78. The van der Waals surface area contributed by atoms with E-state index in [2.05, 4.69) is 12.3 Å². The van der Waals surface area contributed by atoms with Crippen molar-refractivity contribution in [2.75, 3.05) is 7.18 Å². The van der Waals surface area contributed by atoms with Crippen molar-refractivity contribution >= 4 is 0 Å². The van der Waals surface area contributed by atoms with Crippen LogP contribution in [0.1, 0.15) is 20.8 Å². The summed E-state index contributed by atoms with van der Waals surface area (Å²) in [7, 11) is 0.500. The first-order valence-electron chi connectivity index (χ1n) is 2.17. The van der Waals surface area contributed by atoms with Gasteiger partial charge in [0.15, 0.2) is 0 Å². The summed E-state index contributed by atoms with van der Waals surface area (Å²) >= 11 is 0. The van der Waals surface area contributed by atoms with Crippen LogP contribution in [0, 0.1) is 12.3 Å². The van der Waals surface area contributed by atoms with E-state index in [1.807, 2.05) is 13.8 Å². The molecule has 0 nitrogen and oxygen atoms in total. The second kappa shape index (κ2) is 1070. The molecule has 0 unspecified atom stereocenters. The molecule has 2 heteroatoms. The Kier molecular flexibility index (Phi) is 3490. The lowest BCUT2D eigenvalue weighted by molar-refractivity contribution is 0.636. The van der Waals surface area contributed by atoms with Crippen molar-refractivity contribution in [3.05, 3.63) is 0 Å². The summed E-state index contributed by atoms with van der Waals surface area (Å²) < 4.78 is 9.50. The average molecular weight is 124 g/mol. The molecule has 0 saturated carbocycles. The van der Waals surface area contributed by atoms with Gasteiger partial charge in [-0.05, 0) is 6.92 Å². The van der Waals surface area contributed by atoms with Crippen molar-refractivity contribution in [2.24, 2.45) is 0 Å². The first-order chi connectivity index (χ1) is 3.41. The molecule has 0 bridgehead atoms. The maximum absolute atomic E-state index is 9.50. The molecule has 0 heterocycles. The number of hydrogen-bond donors (Lipinski definition) is 0. The molecule has 8 heavy (non-hydrogen) atoms. The lowest BCUT2D eigenvalue weighted by atomic mass is 10.9. The Morgan fingerprint density at radius 3 is 1.25 bits per heavy atom. The lowest BCUT2D eigenvalue weighted by Gasteiger charge is -1.23. The Bertz CT molecular complexity index is 28.0. The van der Waals surface area contributed by atoms with E-state index < -0.39 is 0 Å². The van der Waals surface area contributed by atoms with Gasteiger partial charge in [0.05, 0.1) is 7.18 Å². The van der Waals surface area contributed by atoms with Crippen LogP contribution in [0.2, 0.25) is 0 Å². The maximum atomic E-state index is 9.50. The monoisotopic (exact) mass is 124 g/mol. The summed E-state index contributed by atoms with van der Waals surface area (Å²) in [6.07, 6.45) is 4.60. The van der Waals surface area contributed by atoms with Crippen molar-refractivity contribution in [1.82, 2.24) is 0 Å². The molecule has 0 aliphatic rings. The summed E-state index contributed by atoms with van der Waals surface area (Å²) in [6, 6.07) is 0. The zero-order valence-corrected chi connectivity index (χ0v) is 5.86. The molecule has 0 radical (unpaired) electrons. The molecule has 0 aromatic rings. The third kappa shape index (κ3) is 315. The molecule has 0 fully saturated rings. The van der Waals surface area contributed by atoms with E-state index in [-0.39, 0.29) is 4.70 Å². The zero-order chi connectivity index (χ0) is 6.71. The van der Waals surface area contributed by atoms with Crippen molar-refractivity contribution in [3.8, 4) is 12.3 Å². The van der Waals surface area contributed by atoms with Gasteiger partial charge in [-0.1, -0.05) is 13.8 Å². The Hall–Kier alpha value is -0.580. The molecule has 0 aromatic carbocycles. The van der Waals surface area contributed by atoms with E-state index in [0.717, 1.165) is 0 Å². The number of halogens is 2. The fourth-order valence-electron chi connectivity index (χ4n) is 0. The molecular weight excluding hydrogens is 110 g/mol. The summed E-state index contributed by atoms with van der Waals surface area (Å²) in [5.74, 6) is 2.25. The van der Waals surface area contributed by atoms with E-state index in [0.29, 0.717) is 7.18 Å². The van der Waals surface area contributed by atoms with Crippen molar-refractivity contribution < 1.29 is 9.09 Å². The third-order valence-electron chi connectivity index (χ3n) is 0. The summed E-state index contributed by atoms with van der Waals surface area (Å²) in [5, 5.41) is 0. The highest BCUT2D eigenvalue weighted by Crippen LogP contribution is 1.21. The quantitative estimate of drug-likeness (QED) is 0.435. The Morgan fingerprint density at radius 2 is 1.25 bits per heavy atom. The second-order valence-electron chi connectivity index (χ2n) is 0.289. The molecule has 0 aliphatic carbocycles. The summed E-state index contributed by atoms with van der Waals surface area (Å²) in [6.45, 7) is 5.65. The summed E-state index contributed by atoms with van der Waals surface area (Å²) in [4.78, 5) is 0. The topological polar surface area (TPSA) is 0 Å². The highest BCUT2D eigenvalue weighted by molar-refractivity contribution is 4.73. The first-order valence-corrected chi connectivity index (χ1v) is 2.17. The Labute approximate surface area is 50.5 Å². The predicted molar refractivity (Wildman–Crippen MR) is 35.4 cm³/mol. The number of alkyl halides is 1. The minimum Gasteiger partial charge on any atom is -0.269 e. The molecule has 0 N–H and O–H groups in total. The van der Waals surface area contributed by atoms with Crippen LogP contribution in [0.5, 0.6) is 0 Å². The fourth-order valence-corrected chi connectivity index (χ4v) is 0. The number of terminal acetylenes is 1. The van der Waals surface area contributed by atoms with Crippen LogP contribution in [0.3, 0.4) is 0 Å². The van der Waals surface area contributed by atoms with Gasteiger partial charge in [0.1, 0.15) is 0 Å². The highest BCUT2D eigenvalue weighted by Gasteiger charge is 1.09. The maximum Gasteiger partial charge on any atom is 0.0785 e. The van der Waals surface area contributed by atoms with Gasteiger partial charge in [-0.2, -0.15) is 0 Å². The van der Waals surface area contributed by atoms with Crippen LogP contribution in [-0.4, -0.2) is 7.18 Å². The highest BCUT2D eigenvalue weighted by atomic mass is 19.1. The van der Waals surface area contributed by atoms with E-state index in [4.69, 9.17) is 0 Å². The van der Waals surface area contributed by atoms with Crippen LogP contribution >= 0.6 is 0 Å². The van der Waals surface area contributed by atoms with Crippen molar-refractivity contribution in [2.45, 2.75) is 20.8 Å². The van der Waals surface area contributed by atoms with E-state index in [1.165, 1.54) is 0 Å². The van der Waals surface area contributed by atoms with Gasteiger partial charge < -0.3 is 0 Å². The molecule has 0 atom stereocenters. The standard InChI is InChI=1S/C3H4.C2H6.CH3F.FH/c1-3-2;2*1-2;/h1H,2H3;1-2H3;1H3;1H. The first kappa shape index (κ1) is 26.1. The molecule has 0 saturated heterocycles. The van der Waals surface area contributed by atoms with Gasteiger partial charge in [0.2, 0.25) is 0 Å². The van der Waals surface area contributed by atoms with E-state index >= 15 is 0 Å². The molecule has 0 aromatic heterocycles. The van der Waals surface area contributed by atoms with Gasteiger partial charge in [0, 0.05) is 0 Å². The van der Waals surface area contributed by atoms with Crippen LogP contribution in [0.25, 0.3) is 0 Å². The lowest BCUT2D eigenvalue weighted by Crippen LogP contribution is -1.10. The van der Waals surface area contributed by atoms with Gasteiger partial charge in [0.25, 0.3) is 0 Å². The van der Waals surface area contributed by atoms with Gasteiger partial charge in [-0.25, -0.2) is 0 Å². The van der Waals surface area contributed by atoms with Crippen molar-refractivity contribution in [1.29, 1.82) is 0 Å². The molecule has 0 aliphatic heterocycles. The minimum absolute atomic E-state index is 0. The van der Waals surface area contributed by atoms with E-state index in [9.17, 15) is 4.39 Å². The zero-order valence-electron chi connectivity index (χ0n) is 5.86. The smallest absolute Gasteiger partial charge is 0.0785 e. The van der Waals surface area contributed by atoms with Crippen molar-refractivity contribution in [3.63, 3.8) is 0 Å². The van der Waals surface area contributed by atoms with Gasteiger partial charge in [-0.3, -0.25) is 9.09 Å². The van der Waals surface area contributed by atoms with Crippen LogP contribution in [-0.2, 0) is 0 Å². The van der Waals surface area contributed by atoms with Gasteiger partial charge in [-0.15, -0.1) is 12.3 Å². The normalized spacial score (nSPS) is 2.50. The SMILES string of the molecule is C#CC.CC.CF.F. The molecule has 0 amide bonds. The van der Waals surface area contributed by atoms with Crippen LogP contribution in [0.15, 0.2) is 0 Å². The Morgan fingerprint density at radius 1 is 1.25 bits per heavy atom. The fraction of sp³-hybridized carbons (Fsp3) is 0.667. The minimum atomic E-state index is 0. The Balaban J connectivity index is -0.0000000147. The molecule has 0 rings (SSSR count).